The predicted molar refractivity (Wildman–Crippen MR) is 53.6 cm³/mol. The molecule has 0 heterocycles. The summed E-state index contributed by atoms with van der Waals surface area (Å²) in [5, 5.41) is 12.9. The molecule has 2 heteroatoms. The minimum absolute atomic E-state index is 0.250. The van der Waals surface area contributed by atoms with E-state index in [-0.39, 0.29) is 5.41 Å². The Morgan fingerprint density at radius 3 is 2.31 bits per heavy atom. The van der Waals surface area contributed by atoms with Gasteiger partial charge in [-0.1, -0.05) is 12.8 Å². The number of nitrogens with one attached hydrogen (secondary N) is 1. The lowest BCUT2D eigenvalue weighted by Gasteiger charge is -2.51. The second-order valence-electron chi connectivity index (χ2n) is 4.83. The lowest BCUT2D eigenvalue weighted by atomic mass is 9.58. The van der Waals surface area contributed by atoms with E-state index in [0.717, 1.165) is 5.92 Å². The maximum absolute atomic E-state index is 9.47. The Kier molecular flexibility index (Phi) is 2.61. The van der Waals surface area contributed by atoms with Gasteiger partial charge in [-0.3, -0.25) is 0 Å². The number of rotatable bonds is 4. The number of aliphatic hydroxyl groups excluding tert-OH is 1. The zero-order valence-corrected chi connectivity index (χ0v) is 8.55. The van der Waals surface area contributed by atoms with Crippen LogP contribution in [0.2, 0.25) is 0 Å². The highest BCUT2D eigenvalue weighted by atomic mass is 16.3. The molecule has 2 nitrogen and oxygen atoms in total. The normalized spacial score (nSPS) is 29.1. The highest BCUT2D eigenvalue weighted by molar-refractivity contribution is 5.01. The Morgan fingerprint density at radius 2 is 2.08 bits per heavy atom. The topological polar surface area (TPSA) is 32.3 Å². The summed E-state index contributed by atoms with van der Waals surface area (Å²) in [6.45, 7) is 0.384. The average Bonchev–Trinajstić information content (AvgIpc) is 1.98. The Labute approximate surface area is 80.7 Å². The van der Waals surface area contributed by atoms with Crippen molar-refractivity contribution in [2.75, 3.05) is 13.7 Å². The van der Waals surface area contributed by atoms with Crippen LogP contribution in [0.15, 0.2) is 0 Å². The largest absolute Gasteiger partial charge is 0.396 e. The van der Waals surface area contributed by atoms with Crippen LogP contribution in [-0.2, 0) is 0 Å². The molecule has 0 saturated heterocycles. The molecule has 0 amide bonds. The van der Waals surface area contributed by atoms with E-state index in [0.29, 0.717) is 12.6 Å². The van der Waals surface area contributed by atoms with Gasteiger partial charge in [-0.2, -0.15) is 0 Å². The number of hydrogen-bond acceptors (Lipinski definition) is 2. The maximum Gasteiger partial charge on any atom is 0.0502 e. The van der Waals surface area contributed by atoms with Gasteiger partial charge >= 0.3 is 0 Å². The van der Waals surface area contributed by atoms with Crippen molar-refractivity contribution in [2.45, 2.75) is 44.6 Å². The van der Waals surface area contributed by atoms with Gasteiger partial charge in [0.2, 0.25) is 0 Å². The molecule has 0 aromatic carbocycles. The maximum atomic E-state index is 9.47. The smallest absolute Gasteiger partial charge is 0.0502 e. The van der Waals surface area contributed by atoms with Crippen LogP contribution in [0, 0.1) is 11.3 Å². The standard InChI is InChI=1S/C11H21NO/c1-12-10(9-4-2-5-9)11(8-13)6-3-7-11/h9-10,12-13H,2-8H2,1H3. The highest BCUT2D eigenvalue weighted by Crippen LogP contribution is 2.49. The number of aliphatic hydroxyl groups is 1. The quantitative estimate of drug-likeness (QED) is 0.693. The minimum Gasteiger partial charge on any atom is -0.396 e. The van der Waals surface area contributed by atoms with Gasteiger partial charge < -0.3 is 10.4 Å². The van der Waals surface area contributed by atoms with E-state index in [9.17, 15) is 5.11 Å². The van der Waals surface area contributed by atoms with Crippen LogP contribution >= 0.6 is 0 Å². The minimum atomic E-state index is 0.250. The molecule has 13 heavy (non-hydrogen) atoms. The third-order valence-corrected chi connectivity index (χ3v) is 4.26. The molecule has 2 N–H and O–H groups in total. The lowest BCUT2D eigenvalue weighted by molar-refractivity contribution is -0.0262. The van der Waals surface area contributed by atoms with Gasteiger partial charge in [-0.25, -0.2) is 0 Å². The molecule has 0 spiro atoms. The van der Waals surface area contributed by atoms with Crippen LogP contribution in [0.1, 0.15) is 38.5 Å². The summed E-state index contributed by atoms with van der Waals surface area (Å²) in [7, 11) is 2.05. The van der Waals surface area contributed by atoms with Crippen molar-refractivity contribution >= 4 is 0 Å². The third-order valence-electron chi connectivity index (χ3n) is 4.26. The molecule has 0 radical (unpaired) electrons. The van der Waals surface area contributed by atoms with E-state index in [4.69, 9.17) is 0 Å². The SMILES string of the molecule is CNC(C1CCC1)C1(CO)CCC1. The van der Waals surface area contributed by atoms with Crippen molar-refractivity contribution in [1.82, 2.24) is 5.32 Å². The average molecular weight is 183 g/mol. The van der Waals surface area contributed by atoms with Gasteiger partial charge in [0.15, 0.2) is 0 Å². The first-order chi connectivity index (χ1) is 6.32. The first-order valence-electron chi connectivity index (χ1n) is 5.60. The van der Waals surface area contributed by atoms with E-state index in [1.54, 1.807) is 0 Å². The van der Waals surface area contributed by atoms with Crippen molar-refractivity contribution in [2.24, 2.45) is 11.3 Å². The van der Waals surface area contributed by atoms with Crippen molar-refractivity contribution in [3.05, 3.63) is 0 Å². The van der Waals surface area contributed by atoms with Crippen LogP contribution in [-0.4, -0.2) is 24.8 Å². The van der Waals surface area contributed by atoms with Gasteiger partial charge in [0.1, 0.15) is 0 Å². The molecule has 0 bridgehead atoms. The monoisotopic (exact) mass is 183 g/mol. The zero-order valence-electron chi connectivity index (χ0n) is 8.55. The molecule has 1 unspecified atom stereocenters. The molecule has 2 aliphatic rings. The predicted octanol–water partition coefficient (Wildman–Crippen LogP) is 1.54. The molecule has 0 aromatic heterocycles. The summed E-state index contributed by atoms with van der Waals surface area (Å²) < 4.78 is 0. The Balaban J connectivity index is 2.00. The Bertz CT molecular complexity index is 167. The molecule has 2 fully saturated rings. The van der Waals surface area contributed by atoms with Crippen LogP contribution in [0.4, 0.5) is 0 Å². The third kappa shape index (κ3) is 1.40. The zero-order chi connectivity index (χ0) is 9.31. The van der Waals surface area contributed by atoms with Crippen LogP contribution in [0.5, 0.6) is 0 Å². The van der Waals surface area contributed by atoms with Gasteiger partial charge in [0.25, 0.3) is 0 Å². The summed E-state index contributed by atoms with van der Waals surface area (Å²) >= 11 is 0. The van der Waals surface area contributed by atoms with Gasteiger partial charge in [-0.15, -0.1) is 0 Å². The molecule has 1 atom stereocenters. The fourth-order valence-corrected chi connectivity index (χ4v) is 3.01. The van der Waals surface area contributed by atoms with E-state index < -0.39 is 0 Å². The van der Waals surface area contributed by atoms with Crippen LogP contribution < -0.4 is 5.32 Å². The number of hydrogen-bond donors (Lipinski definition) is 2. The molecule has 2 aliphatic carbocycles. The van der Waals surface area contributed by atoms with Crippen molar-refractivity contribution in [3.63, 3.8) is 0 Å². The van der Waals surface area contributed by atoms with Crippen molar-refractivity contribution in [3.8, 4) is 0 Å². The van der Waals surface area contributed by atoms with E-state index in [2.05, 4.69) is 12.4 Å². The highest BCUT2D eigenvalue weighted by Gasteiger charge is 2.47. The summed E-state index contributed by atoms with van der Waals surface area (Å²) in [6, 6.07) is 0.583. The Hall–Kier alpha value is -0.0800. The molecular weight excluding hydrogens is 162 g/mol. The first kappa shape index (κ1) is 9.47. The summed E-state index contributed by atoms with van der Waals surface area (Å²) in [4.78, 5) is 0. The van der Waals surface area contributed by atoms with E-state index >= 15 is 0 Å². The van der Waals surface area contributed by atoms with Crippen molar-refractivity contribution < 1.29 is 5.11 Å². The van der Waals surface area contributed by atoms with Crippen LogP contribution in [0.25, 0.3) is 0 Å². The first-order valence-corrected chi connectivity index (χ1v) is 5.60. The van der Waals surface area contributed by atoms with Crippen molar-refractivity contribution in [1.29, 1.82) is 0 Å². The summed E-state index contributed by atoms with van der Waals surface area (Å²) in [5.74, 6) is 0.845. The second-order valence-corrected chi connectivity index (χ2v) is 4.83. The molecule has 76 valence electrons. The van der Waals surface area contributed by atoms with Gasteiger partial charge in [-0.05, 0) is 38.6 Å². The van der Waals surface area contributed by atoms with E-state index in [1.807, 2.05) is 0 Å². The second kappa shape index (κ2) is 3.58. The fourth-order valence-electron chi connectivity index (χ4n) is 3.01. The summed E-state index contributed by atoms with van der Waals surface area (Å²) in [6.07, 6.45) is 7.90. The van der Waals surface area contributed by atoms with Gasteiger partial charge in [0.05, 0.1) is 6.61 Å². The summed E-state index contributed by atoms with van der Waals surface area (Å²) in [5.41, 5.74) is 0.250. The lowest BCUT2D eigenvalue weighted by Crippen LogP contribution is -2.55. The van der Waals surface area contributed by atoms with E-state index in [1.165, 1.54) is 38.5 Å². The molecular formula is C11H21NO. The Morgan fingerprint density at radius 1 is 1.38 bits per heavy atom. The van der Waals surface area contributed by atoms with Crippen LogP contribution in [0.3, 0.4) is 0 Å². The molecule has 2 rings (SSSR count). The fraction of sp³-hybridized carbons (Fsp3) is 1.00. The molecule has 0 aliphatic heterocycles. The molecule has 0 aromatic rings. The molecule has 2 saturated carbocycles. The van der Waals surface area contributed by atoms with Gasteiger partial charge in [0, 0.05) is 11.5 Å².